The molecule has 0 bridgehead atoms. The van der Waals surface area contributed by atoms with Gasteiger partial charge in [-0.2, -0.15) is 0 Å². The highest BCUT2D eigenvalue weighted by molar-refractivity contribution is 5.47. The Kier molecular flexibility index (Phi) is 6.94. The predicted octanol–water partition coefficient (Wildman–Crippen LogP) is 3.67. The van der Waals surface area contributed by atoms with Gasteiger partial charge in [0, 0.05) is 18.3 Å². The van der Waals surface area contributed by atoms with Crippen molar-refractivity contribution < 1.29 is 14.6 Å². The topological polar surface area (TPSA) is 50.7 Å². The van der Waals surface area contributed by atoms with Crippen LogP contribution in [0.1, 0.15) is 24.5 Å². The van der Waals surface area contributed by atoms with Crippen molar-refractivity contribution in [3.8, 4) is 11.5 Å². The Balaban J connectivity index is 2.03. The van der Waals surface area contributed by atoms with Crippen molar-refractivity contribution in [1.29, 1.82) is 0 Å². The molecule has 0 aliphatic carbocycles. The molecule has 0 saturated carbocycles. The lowest BCUT2D eigenvalue weighted by Gasteiger charge is -2.19. The number of rotatable bonds is 9. The molecule has 4 nitrogen and oxygen atoms in total. The fourth-order valence-corrected chi connectivity index (χ4v) is 2.72. The summed E-state index contributed by atoms with van der Waals surface area (Å²) >= 11 is 0. The molecule has 0 saturated heterocycles. The van der Waals surface area contributed by atoms with Gasteiger partial charge in [0.1, 0.15) is 0 Å². The molecular formula is C20H27NO3. The number of aliphatic hydroxyl groups is 1. The quantitative estimate of drug-likeness (QED) is 0.737. The smallest absolute Gasteiger partial charge is 0.160 e. The molecule has 0 aliphatic heterocycles. The molecule has 0 radical (unpaired) electrons. The summed E-state index contributed by atoms with van der Waals surface area (Å²) in [7, 11) is 3.31. The Morgan fingerprint density at radius 2 is 1.62 bits per heavy atom. The second kappa shape index (κ2) is 9.18. The van der Waals surface area contributed by atoms with Crippen molar-refractivity contribution in [1.82, 2.24) is 0 Å². The first-order valence-corrected chi connectivity index (χ1v) is 8.37. The third kappa shape index (κ3) is 4.90. The zero-order chi connectivity index (χ0) is 17.4. The van der Waals surface area contributed by atoms with Gasteiger partial charge >= 0.3 is 0 Å². The maximum atomic E-state index is 8.98. The standard InChI is InChI=1S/C20H27NO3/c1-4-17(21-18-8-5-15(6-9-18)11-12-22)13-16-7-10-19(23-2)20(14-16)24-3/h5-10,14,17,21-22H,4,11-13H2,1-3H3. The van der Waals surface area contributed by atoms with Gasteiger partial charge in [-0.1, -0.05) is 25.1 Å². The first-order chi connectivity index (χ1) is 11.7. The molecule has 24 heavy (non-hydrogen) atoms. The molecule has 2 N–H and O–H groups in total. The molecule has 0 heterocycles. The van der Waals surface area contributed by atoms with Crippen molar-refractivity contribution in [2.24, 2.45) is 0 Å². The minimum absolute atomic E-state index is 0.184. The zero-order valence-corrected chi connectivity index (χ0v) is 14.7. The molecule has 2 rings (SSSR count). The van der Waals surface area contributed by atoms with Crippen LogP contribution in [-0.4, -0.2) is 32.0 Å². The van der Waals surface area contributed by atoms with Crippen molar-refractivity contribution in [3.63, 3.8) is 0 Å². The first-order valence-electron chi connectivity index (χ1n) is 8.37. The lowest BCUT2D eigenvalue weighted by molar-refractivity contribution is 0.299. The molecule has 0 fully saturated rings. The third-order valence-electron chi connectivity index (χ3n) is 4.15. The normalized spacial score (nSPS) is 11.8. The van der Waals surface area contributed by atoms with Gasteiger partial charge in [-0.15, -0.1) is 0 Å². The average Bonchev–Trinajstić information content (AvgIpc) is 2.62. The second-order valence-corrected chi connectivity index (χ2v) is 5.81. The predicted molar refractivity (Wildman–Crippen MR) is 98.2 cm³/mol. The lowest BCUT2D eigenvalue weighted by Crippen LogP contribution is -2.21. The molecule has 2 aromatic carbocycles. The van der Waals surface area contributed by atoms with Crippen LogP contribution in [0.15, 0.2) is 42.5 Å². The molecule has 1 unspecified atom stereocenters. The Morgan fingerprint density at radius 1 is 0.958 bits per heavy atom. The Bertz CT molecular complexity index is 625. The highest BCUT2D eigenvalue weighted by Gasteiger charge is 2.10. The highest BCUT2D eigenvalue weighted by atomic mass is 16.5. The van der Waals surface area contributed by atoms with E-state index in [1.54, 1.807) is 14.2 Å². The van der Waals surface area contributed by atoms with E-state index in [1.807, 2.05) is 12.1 Å². The minimum atomic E-state index is 0.184. The lowest BCUT2D eigenvalue weighted by atomic mass is 10.0. The van der Waals surface area contributed by atoms with Gasteiger partial charge in [0.25, 0.3) is 0 Å². The Hall–Kier alpha value is -2.20. The molecule has 0 aromatic heterocycles. The van der Waals surface area contributed by atoms with Crippen LogP contribution in [0.3, 0.4) is 0 Å². The van der Waals surface area contributed by atoms with Gasteiger partial charge in [-0.25, -0.2) is 0 Å². The molecule has 2 aromatic rings. The van der Waals surface area contributed by atoms with Crippen LogP contribution >= 0.6 is 0 Å². The summed E-state index contributed by atoms with van der Waals surface area (Å²) in [6.07, 6.45) is 2.63. The van der Waals surface area contributed by atoms with Crippen LogP contribution in [-0.2, 0) is 12.8 Å². The second-order valence-electron chi connectivity index (χ2n) is 5.81. The van der Waals surface area contributed by atoms with E-state index in [0.717, 1.165) is 35.6 Å². The van der Waals surface area contributed by atoms with E-state index in [1.165, 1.54) is 5.56 Å². The molecule has 0 amide bonds. The minimum Gasteiger partial charge on any atom is -0.493 e. The summed E-state index contributed by atoms with van der Waals surface area (Å²) < 4.78 is 10.7. The number of nitrogens with one attached hydrogen (secondary N) is 1. The largest absolute Gasteiger partial charge is 0.493 e. The van der Waals surface area contributed by atoms with E-state index >= 15 is 0 Å². The van der Waals surface area contributed by atoms with Crippen LogP contribution in [0.2, 0.25) is 0 Å². The van der Waals surface area contributed by atoms with Crippen molar-refractivity contribution >= 4 is 5.69 Å². The number of anilines is 1. The molecule has 4 heteroatoms. The number of hydrogen-bond donors (Lipinski definition) is 2. The number of benzene rings is 2. The summed E-state index contributed by atoms with van der Waals surface area (Å²) in [5.41, 5.74) is 3.46. The third-order valence-corrected chi connectivity index (χ3v) is 4.15. The SMILES string of the molecule is CCC(Cc1ccc(OC)c(OC)c1)Nc1ccc(CCO)cc1. The fourth-order valence-electron chi connectivity index (χ4n) is 2.72. The van der Waals surface area contributed by atoms with E-state index in [9.17, 15) is 0 Å². The van der Waals surface area contributed by atoms with Gasteiger partial charge < -0.3 is 19.9 Å². The summed E-state index contributed by atoms with van der Waals surface area (Å²) in [5.74, 6) is 1.51. The number of aliphatic hydroxyl groups excluding tert-OH is 1. The van der Waals surface area contributed by atoms with Crippen LogP contribution in [0, 0.1) is 0 Å². The fraction of sp³-hybridized carbons (Fsp3) is 0.400. The monoisotopic (exact) mass is 329 g/mol. The van der Waals surface area contributed by atoms with Gasteiger partial charge in [0.15, 0.2) is 11.5 Å². The summed E-state index contributed by atoms with van der Waals surface area (Å²) in [4.78, 5) is 0. The van der Waals surface area contributed by atoms with Crippen molar-refractivity contribution in [2.75, 3.05) is 26.1 Å². The number of hydrogen-bond acceptors (Lipinski definition) is 4. The first kappa shape index (κ1) is 18.1. The summed E-state index contributed by atoms with van der Waals surface area (Å²) in [6, 6.07) is 14.7. The molecule has 0 aliphatic rings. The van der Waals surface area contributed by atoms with E-state index in [2.05, 4.69) is 42.6 Å². The van der Waals surface area contributed by atoms with Crippen LogP contribution in [0.5, 0.6) is 11.5 Å². The summed E-state index contributed by atoms with van der Waals surface area (Å²) in [6.45, 7) is 2.36. The van der Waals surface area contributed by atoms with E-state index in [-0.39, 0.29) is 6.61 Å². The van der Waals surface area contributed by atoms with Gasteiger partial charge in [-0.3, -0.25) is 0 Å². The number of methoxy groups -OCH3 is 2. The van der Waals surface area contributed by atoms with Crippen LogP contribution in [0.4, 0.5) is 5.69 Å². The van der Waals surface area contributed by atoms with Crippen LogP contribution < -0.4 is 14.8 Å². The molecule has 0 spiro atoms. The molecular weight excluding hydrogens is 302 g/mol. The van der Waals surface area contributed by atoms with Gasteiger partial charge in [0.05, 0.1) is 14.2 Å². The number of ether oxygens (including phenoxy) is 2. The highest BCUT2D eigenvalue weighted by Crippen LogP contribution is 2.28. The maximum Gasteiger partial charge on any atom is 0.160 e. The van der Waals surface area contributed by atoms with E-state index < -0.39 is 0 Å². The molecule has 1 atom stereocenters. The van der Waals surface area contributed by atoms with Gasteiger partial charge in [-0.05, 0) is 54.7 Å². The molecule has 130 valence electrons. The van der Waals surface area contributed by atoms with Crippen molar-refractivity contribution in [2.45, 2.75) is 32.2 Å². The maximum absolute atomic E-state index is 8.98. The average molecular weight is 329 g/mol. The summed E-state index contributed by atoms with van der Waals surface area (Å²) in [5, 5.41) is 12.6. The zero-order valence-electron chi connectivity index (χ0n) is 14.7. The Labute approximate surface area is 144 Å². The van der Waals surface area contributed by atoms with Crippen molar-refractivity contribution in [3.05, 3.63) is 53.6 Å². The van der Waals surface area contributed by atoms with E-state index in [4.69, 9.17) is 14.6 Å². The van der Waals surface area contributed by atoms with Crippen LogP contribution in [0.25, 0.3) is 0 Å². The van der Waals surface area contributed by atoms with E-state index in [0.29, 0.717) is 12.5 Å². The van der Waals surface area contributed by atoms with Gasteiger partial charge in [0.2, 0.25) is 0 Å². The Morgan fingerprint density at radius 3 is 2.21 bits per heavy atom.